The number of hydrogen-bond acceptors (Lipinski definition) is 2. The molecule has 0 amide bonds. The van der Waals surface area contributed by atoms with Crippen LogP contribution in [0.5, 0.6) is 0 Å². The summed E-state index contributed by atoms with van der Waals surface area (Å²) in [5.74, 6) is 0. The summed E-state index contributed by atoms with van der Waals surface area (Å²) in [5, 5.41) is 28.0. The van der Waals surface area contributed by atoms with E-state index in [0.717, 1.165) is 88.8 Å². The van der Waals surface area contributed by atoms with Crippen molar-refractivity contribution < 1.29 is 0 Å². The normalized spacial score (nSPS) is 11.6. The summed E-state index contributed by atoms with van der Waals surface area (Å²) in [7, 11) is 0. The molecule has 10 aromatic carbocycles. The second kappa shape index (κ2) is 15.1. The van der Waals surface area contributed by atoms with Gasteiger partial charge in [-0.05, 0) is 102 Å². The molecule has 5 heteroatoms. The van der Waals surface area contributed by atoms with Crippen molar-refractivity contribution in [2.24, 2.45) is 0 Å². The van der Waals surface area contributed by atoms with Gasteiger partial charge in [0.15, 0.2) is 0 Å². The molecular weight excluding hydrogens is 815 g/mol. The van der Waals surface area contributed by atoms with Gasteiger partial charge < -0.3 is 13.7 Å². The van der Waals surface area contributed by atoms with Crippen LogP contribution in [0.25, 0.3) is 116 Å². The molecule has 13 aromatic rings. The Kier molecular flexibility index (Phi) is 8.58. The highest BCUT2D eigenvalue weighted by Crippen LogP contribution is 2.46. The molecule has 0 bridgehead atoms. The Morgan fingerprint density at radius 3 is 1.03 bits per heavy atom. The van der Waals surface area contributed by atoms with Gasteiger partial charge >= 0.3 is 0 Å². The number of fused-ring (bicyclic) bond motifs is 9. The van der Waals surface area contributed by atoms with Gasteiger partial charge in [-0.25, -0.2) is 0 Å². The van der Waals surface area contributed by atoms with Crippen LogP contribution in [0.4, 0.5) is 0 Å². The van der Waals surface area contributed by atoms with E-state index in [-0.39, 0.29) is 0 Å². The molecule has 0 N–H and O–H groups in total. The lowest BCUT2D eigenvalue weighted by Gasteiger charge is -2.22. The van der Waals surface area contributed by atoms with Crippen LogP contribution in [0.1, 0.15) is 11.1 Å². The topological polar surface area (TPSA) is 62.4 Å². The Labute approximate surface area is 386 Å². The third-order valence-corrected chi connectivity index (χ3v) is 13.5. The number of aromatic nitrogens is 3. The van der Waals surface area contributed by atoms with Crippen LogP contribution in [0.15, 0.2) is 224 Å². The van der Waals surface area contributed by atoms with Gasteiger partial charge in [0.1, 0.15) is 0 Å². The number of nitrogens with zero attached hydrogens (tertiary/aromatic N) is 5. The lowest BCUT2D eigenvalue weighted by molar-refractivity contribution is 1.16. The number of para-hydroxylation sites is 4. The third-order valence-electron chi connectivity index (χ3n) is 13.5. The average Bonchev–Trinajstić information content (AvgIpc) is 4.03. The predicted octanol–water partition coefficient (Wildman–Crippen LogP) is 15.7. The van der Waals surface area contributed by atoms with Crippen molar-refractivity contribution in [1.29, 1.82) is 10.5 Å². The maximum absolute atomic E-state index is 10.5. The SMILES string of the molecule is N#Cc1cccc(C#N)c1-c1cc(-c2ccccc2)c(-n2c3ccc(-n4c5ccccc5c5ccccc54)cc3c3cc(-n4c5ccccc5c5ccccc54)ccc32)c(-c2ccccc2)c1. The zero-order valence-electron chi connectivity index (χ0n) is 36.1. The molecule has 0 aliphatic heterocycles. The second-order valence-corrected chi connectivity index (χ2v) is 17.1. The fourth-order valence-corrected chi connectivity index (χ4v) is 10.7. The summed E-state index contributed by atoms with van der Waals surface area (Å²) in [6, 6.07) is 83.9. The first-order chi connectivity index (χ1) is 33.2. The first kappa shape index (κ1) is 38.1. The van der Waals surface area contributed by atoms with Gasteiger partial charge in [0.2, 0.25) is 0 Å². The van der Waals surface area contributed by atoms with Crippen molar-refractivity contribution in [1.82, 2.24) is 13.7 Å². The summed E-state index contributed by atoms with van der Waals surface area (Å²) in [6.07, 6.45) is 0. The number of hydrogen-bond donors (Lipinski definition) is 0. The standard InChI is InChI=1S/C62H37N5/c63-38-42-20-15-21-43(39-64)61(42)44-34-51(40-16-3-1-4-17-40)62(52(35-44)41-18-5-2-6-19-41)67-59-32-30-45(65-55-26-11-7-22-47(55)48-23-8-12-27-56(48)65)36-53(59)54-37-46(31-33-60(54)67)66-57-28-13-9-24-49(57)50-25-10-14-29-58(50)66/h1-37H. The largest absolute Gasteiger partial charge is 0.309 e. The first-order valence-electron chi connectivity index (χ1n) is 22.5. The molecule has 5 nitrogen and oxygen atoms in total. The fourth-order valence-electron chi connectivity index (χ4n) is 10.7. The summed E-state index contributed by atoms with van der Waals surface area (Å²) >= 11 is 0. The quantitative estimate of drug-likeness (QED) is 0.167. The van der Waals surface area contributed by atoms with E-state index in [1.807, 2.05) is 12.1 Å². The van der Waals surface area contributed by atoms with E-state index in [0.29, 0.717) is 16.7 Å². The number of rotatable bonds is 6. The maximum Gasteiger partial charge on any atom is 0.0998 e. The molecule has 13 rings (SSSR count). The zero-order chi connectivity index (χ0) is 44.6. The second-order valence-electron chi connectivity index (χ2n) is 17.1. The van der Waals surface area contributed by atoms with Crippen LogP contribution in [0.2, 0.25) is 0 Å². The van der Waals surface area contributed by atoms with Crippen LogP contribution < -0.4 is 0 Å². The monoisotopic (exact) mass is 851 g/mol. The summed E-state index contributed by atoms with van der Waals surface area (Å²) in [5.41, 5.74) is 16.2. The Morgan fingerprint density at radius 1 is 0.284 bits per heavy atom. The van der Waals surface area contributed by atoms with Gasteiger partial charge in [-0.3, -0.25) is 0 Å². The molecule has 3 aromatic heterocycles. The smallest absolute Gasteiger partial charge is 0.0998 e. The van der Waals surface area contributed by atoms with E-state index in [2.05, 4.69) is 220 Å². The Balaban J connectivity index is 1.18. The Hall–Kier alpha value is -9.42. The highest BCUT2D eigenvalue weighted by Gasteiger charge is 2.25. The van der Waals surface area contributed by atoms with Gasteiger partial charge in [-0.2, -0.15) is 10.5 Å². The van der Waals surface area contributed by atoms with Crippen molar-refractivity contribution >= 4 is 65.4 Å². The van der Waals surface area contributed by atoms with Crippen LogP contribution in [0.3, 0.4) is 0 Å². The number of nitriles is 2. The molecule has 0 spiro atoms. The Morgan fingerprint density at radius 2 is 0.642 bits per heavy atom. The molecule has 0 unspecified atom stereocenters. The van der Waals surface area contributed by atoms with Crippen LogP contribution in [-0.2, 0) is 0 Å². The highest BCUT2D eigenvalue weighted by molar-refractivity contribution is 6.15. The molecule has 0 fully saturated rings. The molecule has 67 heavy (non-hydrogen) atoms. The van der Waals surface area contributed by atoms with Crippen molar-refractivity contribution in [3.63, 3.8) is 0 Å². The highest BCUT2D eigenvalue weighted by atomic mass is 15.0. The van der Waals surface area contributed by atoms with Gasteiger partial charge in [-0.15, -0.1) is 0 Å². The van der Waals surface area contributed by atoms with Crippen LogP contribution in [-0.4, -0.2) is 13.7 Å². The minimum atomic E-state index is 0.455. The Bertz CT molecular complexity index is 3860. The van der Waals surface area contributed by atoms with Gasteiger partial charge in [0.25, 0.3) is 0 Å². The summed E-state index contributed by atoms with van der Waals surface area (Å²) in [6.45, 7) is 0. The predicted molar refractivity (Wildman–Crippen MR) is 275 cm³/mol. The van der Waals surface area contributed by atoms with E-state index in [9.17, 15) is 10.5 Å². The molecule has 0 aliphatic carbocycles. The molecule has 310 valence electrons. The average molecular weight is 852 g/mol. The zero-order valence-corrected chi connectivity index (χ0v) is 36.1. The van der Waals surface area contributed by atoms with Crippen molar-refractivity contribution in [2.75, 3.05) is 0 Å². The lowest BCUT2D eigenvalue weighted by atomic mass is 9.88. The lowest BCUT2D eigenvalue weighted by Crippen LogP contribution is -2.03. The van der Waals surface area contributed by atoms with E-state index >= 15 is 0 Å². The molecule has 0 radical (unpaired) electrons. The van der Waals surface area contributed by atoms with E-state index < -0.39 is 0 Å². The van der Waals surface area contributed by atoms with Crippen LogP contribution >= 0.6 is 0 Å². The van der Waals surface area contributed by atoms with Crippen molar-refractivity contribution in [3.05, 3.63) is 236 Å². The summed E-state index contributed by atoms with van der Waals surface area (Å²) in [4.78, 5) is 0. The van der Waals surface area contributed by atoms with Gasteiger partial charge in [-0.1, -0.05) is 140 Å². The molecule has 0 saturated heterocycles. The molecular formula is C62H37N5. The molecule has 0 saturated carbocycles. The van der Waals surface area contributed by atoms with E-state index in [1.165, 1.54) is 21.5 Å². The fraction of sp³-hybridized carbons (Fsp3) is 0. The van der Waals surface area contributed by atoms with Gasteiger partial charge in [0.05, 0.1) is 62.1 Å². The van der Waals surface area contributed by atoms with E-state index in [1.54, 1.807) is 18.2 Å². The molecule has 0 atom stereocenters. The molecule has 3 heterocycles. The van der Waals surface area contributed by atoms with Gasteiger partial charge in [0, 0.05) is 60.4 Å². The van der Waals surface area contributed by atoms with Crippen molar-refractivity contribution in [2.45, 2.75) is 0 Å². The van der Waals surface area contributed by atoms with E-state index in [4.69, 9.17) is 0 Å². The minimum absolute atomic E-state index is 0.455. The summed E-state index contributed by atoms with van der Waals surface area (Å²) < 4.78 is 7.22. The third kappa shape index (κ3) is 5.79. The van der Waals surface area contributed by atoms with Crippen LogP contribution in [0, 0.1) is 22.7 Å². The molecule has 0 aliphatic rings. The van der Waals surface area contributed by atoms with Crippen molar-refractivity contribution in [3.8, 4) is 62.6 Å². The first-order valence-corrected chi connectivity index (χ1v) is 22.5. The number of benzene rings is 10. The maximum atomic E-state index is 10.5. The minimum Gasteiger partial charge on any atom is -0.309 e.